The maximum atomic E-state index is 12.8. The minimum Gasteiger partial charge on any atom is -0.385 e. The van der Waals surface area contributed by atoms with E-state index in [1.54, 1.807) is 12.1 Å². The molecule has 0 aromatic heterocycles. The number of hydrogen-bond donors (Lipinski definition) is 2. The first-order chi connectivity index (χ1) is 8.74. The minimum atomic E-state index is -0.186. The SMILES string of the molecule is CC(CNc1ccc(F)cc1)CN1CCNCC1. The van der Waals surface area contributed by atoms with Crippen molar-refractivity contribution in [3.63, 3.8) is 0 Å². The zero-order valence-electron chi connectivity index (χ0n) is 11.0. The van der Waals surface area contributed by atoms with Crippen LogP contribution in [0, 0.1) is 11.7 Å². The molecule has 1 aliphatic rings. The van der Waals surface area contributed by atoms with Gasteiger partial charge in [-0.3, -0.25) is 0 Å². The van der Waals surface area contributed by atoms with Gasteiger partial charge >= 0.3 is 0 Å². The number of nitrogens with zero attached hydrogens (tertiary/aromatic N) is 1. The molecule has 1 saturated heterocycles. The summed E-state index contributed by atoms with van der Waals surface area (Å²) in [4.78, 5) is 2.49. The van der Waals surface area contributed by atoms with Crippen molar-refractivity contribution in [2.75, 3.05) is 44.6 Å². The van der Waals surface area contributed by atoms with Crippen molar-refractivity contribution in [1.29, 1.82) is 0 Å². The van der Waals surface area contributed by atoms with Crippen LogP contribution < -0.4 is 10.6 Å². The van der Waals surface area contributed by atoms with E-state index >= 15 is 0 Å². The Morgan fingerprint density at radius 3 is 2.61 bits per heavy atom. The summed E-state index contributed by atoms with van der Waals surface area (Å²) in [6.45, 7) is 8.77. The summed E-state index contributed by atoms with van der Waals surface area (Å²) in [7, 11) is 0. The molecule has 0 amide bonds. The topological polar surface area (TPSA) is 27.3 Å². The number of anilines is 1. The number of rotatable bonds is 5. The second-order valence-corrected chi connectivity index (χ2v) is 5.04. The third kappa shape index (κ3) is 4.27. The Bertz CT molecular complexity index is 347. The maximum absolute atomic E-state index is 12.8. The van der Waals surface area contributed by atoms with Crippen molar-refractivity contribution < 1.29 is 4.39 Å². The van der Waals surface area contributed by atoms with Crippen LogP contribution in [0.3, 0.4) is 0 Å². The van der Waals surface area contributed by atoms with Crippen LogP contribution in [0.25, 0.3) is 0 Å². The van der Waals surface area contributed by atoms with E-state index in [1.165, 1.54) is 12.1 Å². The fourth-order valence-electron chi connectivity index (χ4n) is 2.26. The molecule has 0 aliphatic carbocycles. The summed E-state index contributed by atoms with van der Waals surface area (Å²) >= 11 is 0. The first-order valence-electron chi connectivity index (χ1n) is 6.66. The highest BCUT2D eigenvalue weighted by atomic mass is 19.1. The predicted octanol–water partition coefficient (Wildman–Crippen LogP) is 1.78. The molecule has 1 aromatic carbocycles. The lowest BCUT2D eigenvalue weighted by Gasteiger charge is -2.29. The molecule has 0 saturated carbocycles. The fourth-order valence-corrected chi connectivity index (χ4v) is 2.26. The van der Waals surface area contributed by atoms with E-state index in [0.29, 0.717) is 5.92 Å². The number of nitrogens with one attached hydrogen (secondary N) is 2. The molecule has 1 unspecified atom stereocenters. The average Bonchev–Trinajstić information content (AvgIpc) is 2.39. The molecule has 3 nitrogen and oxygen atoms in total. The summed E-state index contributed by atoms with van der Waals surface area (Å²) in [5.41, 5.74) is 0.989. The largest absolute Gasteiger partial charge is 0.385 e. The summed E-state index contributed by atoms with van der Waals surface area (Å²) < 4.78 is 12.8. The normalized spacial score (nSPS) is 18.6. The van der Waals surface area contributed by atoms with Crippen molar-refractivity contribution in [3.8, 4) is 0 Å². The molecule has 2 N–H and O–H groups in total. The van der Waals surface area contributed by atoms with Crippen molar-refractivity contribution in [2.24, 2.45) is 5.92 Å². The number of halogens is 1. The summed E-state index contributed by atoms with van der Waals surface area (Å²) in [6, 6.07) is 6.55. The van der Waals surface area contributed by atoms with Crippen LogP contribution in [0.5, 0.6) is 0 Å². The van der Waals surface area contributed by atoms with Crippen molar-refractivity contribution >= 4 is 5.69 Å². The zero-order valence-corrected chi connectivity index (χ0v) is 11.0. The van der Waals surface area contributed by atoms with E-state index in [9.17, 15) is 4.39 Å². The van der Waals surface area contributed by atoms with Gasteiger partial charge in [0.25, 0.3) is 0 Å². The molecule has 2 rings (SSSR count). The first-order valence-corrected chi connectivity index (χ1v) is 6.66. The van der Waals surface area contributed by atoms with E-state index in [0.717, 1.165) is 45.0 Å². The smallest absolute Gasteiger partial charge is 0.123 e. The third-order valence-electron chi connectivity index (χ3n) is 3.28. The summed E-state index contributed by atoms with van der Waals surface area (Å²) in [5.74, 6) is 0.405. The Morgan fingerprint density at radius 1 is 1.28 bits per heavy atom. The Hall–Kier alpha value is -1.13. The highest BCUT2D eigenvalue weighted by Crippen LogP contribution is 2.09. The monoisotopic (exact) mass is 251 g/mol. The van der Waals surface area contributed by atoms with Crippen LogP contribution in [0.15, 0.2) is 24.3 Å². The van der Waals surface area contributed by atoms with E-state index in [-0.39, 0.29) is 5.82 Å². The minimum absolute atomic E-state index is 0.186. The van der Waals surface area contributed by atoms with Gasteiger partial charge in [-0.05, 0) is 30.2 Å². The molecule has 4 heteroatoms. The molecule has 0 radical (unpaired) electrons. The first kappa shape index (κ1) is 13.3. The van der Waals surface area contributed by atoms with Gasteiger partial charge in [0.1, 0.15) is 5.82 Å². The summed E-state index contributed by atoms with van der Waals surface area (Å²) in [6.07, 6.45) is 0. The quantitative estimate of drug-likeness (QED) is 0.835. The maximum Gasteiger partial charge on any atom is 0.123 e. The lowest BCUT2D eigenvalue weighted by atomic mass is 10.1. The van der Waals surface area contributed by atoms with Gasteiger partial charge in [-0.25, -0.2) is 4.39 Å². The van der Waals surface area contributed by atoms with E-state index in [4.69, 9.17) is 0 Å². The van der Waals surface area contributed by atoms with Gasteiger partial charge in [0.15, 0.2) is 0 Å². The lowest BCUT2D eigenvalue weighted by molar-refractivity contribution is 0.215. The Kier molecular flexibility index (Phi) is 4.96. The van der Waals surface area contributed by atoms with Crippen molar-refractivity contribution in [1.82, 2.24) is 10.2 Å². The summed E-state index contributed by atoms with van der Waals surface area (Å²) in [5, 5.41) is 6.71. The predicted molar refractivity (Wildman–Crippen MR) is 73.4 cm³/mol. The fraction of sp³-hybridized carbons (Fsp3) is 0.571. The van der Waals surface area contributed by atoms with Crippen LogP contribution in [0.1, 0.15) is 6.92 Å². The van der Waals surface area contributed by atoms with Gasteiger partial charge < -0.3 is 15.5 Å². The highest BCUT2D eigenvalue weighted by Gasteiger charge is 2.12. The van der Waals surface area contributed by atoms with Crippen LogP contribution in [-0.2, 0) is 0 Å². The molecule has 1 aromatic rings. The second-order valence-electron chi connectivity index (χ2n) is 5.04. The van der Waals surface area contributed by atoms with Gasteiger partial charge in [0.2, 0.25) is 0 Å². The number of benzene rings is 1. The van der Waals surface area contributed by atoms with Gasteiger partial charge in [-0.1, -0.05) is 6.92 Å². The molecule has 0 bridgehead atoms. The van der Waals surface area contributed by atoms with Gasteiger partial charge in [-0.15, -0.1) is 0 Å². The Labute approximate surface area is 108 Å². The molecule has 18 heavy (non-hydrogen) atoms. The molecule has 0 spiro atoms. The zero-order chi connectivity index (χ0) is 12.8. The van der Waals surface area contributed by atoms with E-state index in [1.807, 2.05) is 0 Å². The van der Waals surface area contributed by atoms with Crippen LogP contribution in [0.4, 0.5) is 10.1 Å². The van der Waals surface area contributed by atoms with Crippen LogP contribution in [-0.4, -0.2) is 44.2 Å². The average molecular weight is 251 g/mol. The van der Waals surface area contributed by atoms with Crippen molar-refractivity contribution in [3.05, 3.63) is 30.1 Å². The molecule has 100 valence electrons. The third-order valence-corrected chi connectivity index (χ3v) is 3.28. The Balaban J connectivity index is 1.70. The Morgan fingerprint density at radius 2 is 1.94 bits per heavy atom. The van der Waals surface area contributed by atoms with E-state index < -0.39 is 0 Å². The lowest BCUT2D eigenvalue weighted by Crippen LogP contribution is -2.45. The standard InChI is InChI=1S/C14H22FN3/c1-12(11-18-8-6-16-7-9-18)10-17-14-4-2-13(15)3-5-14/h2-5,12,16-17H,6-11H2,1H3. The number of piperazine rings is 1. The highest BCUT2D eigenvalue weighted by molar-refractivity contribution is 5.42. The molecule has 1 heterocycles. The van der Waals surface area contributed by atoms with Gasteiger partial charge in [0, 0.05) is 45.0 Å². The van der Waals surface area contributed by atoms with Gasteiger partial charge in [0.05, 0.1) is 0 Å². The van der Waals surface area contributed by atoms with Crippen LogP contribution in [0.2, 0.25) is 0 Å². The van der Waals surface area contributed by atoms with E-state index in [2.05, 4.69) is 22.5 Å². The molecule has 1 atom stereocenters. The molecule has 1 aliphatic heterocycles. The second kappa shape index (κ2) is 6.71. The van der Waals surface area contributed by atoms with Crippen molar-refractivity contribution in [2.45, 2.75) is 6.92 Å². The van der Waals surface area contributed by atoms with Crippen LogP contribution >= 0.6 is 0 Å². The molecular weight excluding hydrogens is 229 g/mol. The number of hydrogen-bond acceptors (Lipinski definition) is 3. The van der Waals surface area contributed by atoms with Gasteiger partial charge in [-0.2, -0.15) is 0 Å². The molecule has 1 fully saturated rings. The molecular formula is C14H22FN3.